The van der Waals surface area contributed by atoms with Crippen molar-refractivity contribution in [3.8, 4) is 0 Å². The van der Waals surface area contributed by atoms with Crippen LogP contribution in [0.15, 0.2) is 34.9 Å². The fourth-order valence-corrected chi connectivity index (χ4v) is 2.67. The summed E-state index contributed by atoms with van der Waals surface area (Å²) in [6.45, 7) is 0. The fourth-order valence-electron chi connectivity index (χ4n) is 2.30. The van der Waals surface area contributed by atoms with Gasteiger partial charge in [-0.2, -0.15) is 0 Å². The number of hydrogen-bond donors (Lipinski definition) is 1. The van der Waals surface area contributed by atoms with Crippen LogP contribution in [0.25, 0.3) is 10.8 Å². The molecule has 1 unspecified atom stereocenters. The van der Waals surface area contributed by atoms with E-state index in [0.717, 1.165) is 20.9 Å². The Morgan fingerprint density at radius 2 is 2.05 bits per heavy atom. The summed E-state index contributed by atoms with van der Waals surface area (Å²) in [7, 11) is 0. The lowest BCUT2D eigenvalue weighted by Gasteiger charge is -2.20. The number of fused-ring (bicyclic) bond motifs is 1. The van der Waals surface area contributed by atoms with Gasteiger partial charge in [0.1, 0.15) is 0 Å². The van der Waals surface area contributed by atoms with E-state index >= 15 is 0 Å². The van der Waals surface area contributed by atoms with Crippen LogP contribution in [-0.4, -0.2) is 16.8 Å². The first-order valence-electron chi connectivity index (χ1n) is 6.02. The Kier molecular flexibility index (Phi) is 3.06. The van der Waals surface area contributed by atoms with Crippen molar-refractivity contribution < 1.29 is 9.59 Å². The highest BCUT2D eigenvalue weighted by molar-refractivity contribution is 9.10. The zero-order chi connectivity index (χ0) is 13.4. The topological polar surface area (TPSA) is 59.1 Å². The first-order chi connectivity index (χ1) is 9.13. The summed E-state index contributed by atoms with van der Waals surface area (Å²) >= 11 is 3.43. The largest absolute Gasteiger partial charge is 0.296 e. The molecule has 0 spiro atoms. The third kappa shape index (κ3) is 2.38. The van der Waals surface area contributed by atoms with Crippen molar-refractivity contribution in [2.75, 3.05) is 0 Å². The standard InChI is InChI=1S/C14H11BrN2O2/c15-10-2-1-8-7-16-12(6-9(8)5-10)11-3-4-13(18)17-14(11)19/h1-2,5-7,11H,3-4H2,(H,17,18,19). The molecule has 1 N–H and O–H groups in total. The highest BCUT2D eigenvalue weighted by Crippen LogP contribution is 2.27. The second kappa shape index (κ2) is 4.74. The molecule has 1 aliphatic heterocycles. The molecule has 1 atom stereocenters. The van der Waals surface area contributed by atoms with Gasteiger partial charge in [-0.05, 0) is 30.0 Å². The van der Waals surface area contributed by atoms with Crippen molar-refractivity contribution in [3.63, 3.8) is 0 Å². The van der Waals surface area contributed by atoms with E-state index < -0.39 is 0 Å². The maximum atomic E-state index is 11.8. The molecule has 96 valence electrons. The lowest BCUT2D eigenvalue weighted by Crippen LogP contribution is -2.39. The Balaban J connectivity index is 2.01. The van der Waals surface area contributed by atoms with E-state index in [1.807, 2.05) is 24.3 Å². The third-order valence-electron chi connectivity index (χ3n) is 3.30. The number of aromatic nitrogens is 1. The number of amides is 2. The lowest BCUT2D eigenvalue weighted by molar-refractivity contribution is -0.134. The summed E-state index contributed by atoms with van der Waals surface area (Å²) in [6, 6.07) is 7.84. The number of halogens is 1. The molecule has 2 heterocycles. The molecule has 0 bridgehead atoms. The fraction of sp³-hybridized carbons (Fsp3) is 0.214. The number of piperidine rings is 1. The van der Waals surface area contributed by atoms with Crippen LogP contribution in [0.3, 0.4) is 0 Å². The van der Waals surface area contributed by atoms with Gasteiger partial charge < -0.3 is 0 Å². The van der Waals surface area contributed by atoms with Crippen LogP contribution in [0.1, 0.15) is 24.5 Å². The van der Waals surface area contributed by atoms with Gasteiger partial charge >= 0.3 is 0 Å². The third-order valence-corrected chi connectivity index (χ3v) is 3.79. The molecule has 2 aromatic rings. The zero-order valence-corrected chi connectivity index (χ0v) is 11.6. The van der Waals surface area contributed by atoms with Gasteiger partial charge in [0.05, 0.1) is 11.6 Å². The van der Waals surface area contributed by atoms with E-state index in [4.69, 9.17) is 0 Å². The lowest BCUT2D eigenvalue weighted by atomic mass is 9.93. The molecule has 0 radical (unpaired) electrons. The molecule has 1 fully saturated rings. The Morgan fingerprint density at radius 3 is 2.84 bits per heavy atom. The highest BCUT2D eigenvalue weighted by Gasteiger charge is 2.28. The molecule has 1 aromatic heterocycles. The van der Waals surface area contributed by atoms with E-state index in [1.54, 1.807) is 6.20 Å². The first-order valence-corrected chi connectivity index (χ1v) is 6.82. The SMILES string of the molecule is O=C1CCC(c2cc3cc(Br)ccc3cn2)C(=O)N1. The molecule has 19 heavy (non-hydrogen) atoms. The molecule has 3 rings (SSSR count). The van der Waals surface area contributed by atoms with Crippen LogP contribution < -0.4 is 5.32 Å². The minimum atomic E-state index is -0.332. The first kappa shape index (κ1) is 12.3. The Labute approximate surface area is 118 Å². The predicted molar refractivity (Wildman–Crippen MR) is 74.6 cm³/mol. The van der Waals surface area contributed by atoms with Crippen molar-refractivity contribution in [1.82, 2.24) is 10.3 Å². The minimum Gasteiger partial charge on any atom is -0.296 e. The highest BCUT2D eigenvalue weighted by atomic mass is 79.9. The molecular weight excluding hydrogens is 308 g/mol. The number of pyridine rings is 1. The van der Waals surface area contributed by atoms with E-state index in [2.05, 4.69) is 26.2 Å². The van der Waals surface area contributed by atoms with Crippen LogP contribution in [0.2, 0.25) is 0 Å². The van der Waals surface area contributed by atoms with Crippen LogP contribution in [0, 0.1) is 0 Å². The summed E-state index contributed by atoms with van der Waals surface area (Å²) in [5.74, 6) is -0.788. The molecule has 0 saturated carbocycles. The van der Waals surface area contributed by atoms with E-state index in [1.165, 1.54) is 0 Å². The van der Waals surface area contributed by atoms with Gasteiger partial charge in [0.25, 0.3) is 0 Å². The Morgan fingerprint density at radius 1 is 1.21 bits per heavy atom. The average molecular weight is 319 g/mol. The number of hydrogen-bond acceptors (Lipinski definition) is 3. The Hall–Kier alpha value is -1.75. The average Bonchev–Trinajstić information content (AvgIpc) is 2.38. The zero-order valence-electron chi connectivity index (χ0n) is 10.0. The molecule has 5 heteroatoms. The van der Waals surface area contributed by atoms with Crippen LogP contribution >= 0.6 is 15.9 Å². The van der Waals surface area contributed by atoms with Gasteiger partial charge in [0, 0.05) is 22.5 Å². The van der Waals surface area contributed by atoms with E-state index in [0.29, 0.717) is 12.8 Å². The number of imide groups is 1. The number of nitrogens with zero attached hydrogens (tertiary/aromatic N) is 1. The van der Waals surface area contributed by atoms with Gasteiger partial charge in [-0.1, -0.05) is 22.0 Å². The second-order valence-electron chi connectivity index (χ2n) is 4.60. The van der Waals surface area contributed by atoms with Crippen molar-refractivity contribution in [3.05, 3.63) is 40.6 Å². The number of carbonyl (C=O) groups is 2. The van der Waals surface area contributed by atoms with Gasteiger partial charge in [0.2, 0.25) is 11.8 Å². The molecule has 1 aromatic carbocycles. The summed E-state index contributed by atoms with van der Waals surface area (Å²) in [6.07, 6.45) is 2.66. The predicted octanol–water partition coefficient (Wildman–Crippen LogP) is 2.52. The number of rotatable bonds is 1. The summed E-state index contributed by atoms with van der Waals surface area (Å²) < 4.78 is 0.987. The molecule has 1 saturated heterocycles. The second-order valence-corrected chi connectivity index (χ2v) is 5.52. The van der Waals surface area contributed by atoms with Crippen molar-refractivity contribution in [1.29, 1.82) is 0 Å². The van der Waals surface area contributed by atoms with Gasteiger partial charge in [-0.15, -0.1) is 0 Å². The van der Waals surface area contributed by atoms with Crippen molar-refractivity contribution in [2.45, 2.75) is 18.8 Å². The van der Waals surface area contributed by atoms with Crippen LogP contribution in [0.5, 0.6) is 0 Å². The number of benzene rings is 1. The normalized spacial score (nSPS) is 19.5. The number of carbonyl (C=O) groups excluding carboxylic acids is 2. The van der Waals surface area contributed by atoms with Crippen LogP contribution in [-0.2, 0) is 9.59 Å². The summed E-state index contributed by atoms with van der Waals surface area (Å²) in [5.41, 5.74) is 0.718. The molecule has 4 nitrogen and oxygen atoms in total. The van der Waals surface area contributed by atoms with Crippen LogP contribution in [0.4, 0.5) is 0 Å². The summed E-state index contributed by atoms with van der Waals surface area (Å²) in [4.78, 5) is 27.3. The Bertz CT molecular complexity index is 684. The molecular formula is C14H11BrN2O2. The van der Waals surface area contributed by atoms with E-state index in [-0.39, 0.29) is 17.7 Å². The monoisotopic (exact) mass is 318 g/mol. The molecule has 2 amide bonds. The number of nitrogens with one attached hydrogen (secondary N) is 1. The smallest absolute Gasteiger partial charge is 0.235 e. The van der Waals surface area contributed by atoms with Crippen molar-refractivity contribution >= 4 is 38.5 Å². The summed E-state index contributed by atoms with van der Waals surface area (Å²) in [5, 5.41) is 4.42. The van der Waals surface area contributed by atoms with Gasteiger partial charge in [-0.3, -0.25) is 19.9 Å². The van der Waals surface area contributed by atoms with E-state index in [9.17, 15) is 9.59 Å². The quantitative estimate of drug-likeness (QED) is 0.822. The molecule has 0 aliphatic carbocycles. The maximum absolute atomic E-state index is 11.8. The minimum absolute atomic E-state index is 0.204. The molecule has 1 aliphatic rings. The maximum Gasteiger partial charge on any atom is 0.235 e. The van der Waals surface area contributed by atoms with Gasteiger partial charge in [-0.25, -0.2) is 0 Å². The van der Waals surface area contributed by atoms with Crippen molar-refractivity contribution in [2.24, 2.45) is 0 Å². The van der Waals surface area contributed by atoms with Gasteiger partial charge in [0.15, 0.2) is 0 Å².